The molecule has 1 aliphatic rings. The third-order valence-electron chi connectivity index (χ3n) is 4.52. The van der Waals surface area contributed by atoms with Crippen molar-refractivity contribution in [1.29, 1.82) is 0 Å². The first-order chi connectivity index (χ1) is 12.3. The Morgan fingerprint density at radius 1 is 1.08 bits per heavy atom. The molecule has 0 radical (unpaired) electrons. The summed E-state index contributed by atoms with van der Waals surface area (Å²) in [7, 11) is 0. The van der Waals surface area contributed by atoms with Crippen molar-refractivity contribution >= 4 is 39.0 Å². The summed E-state index contributed by atoms with van der Waals surface area (Å²) in [5.41, 5.74) is 5.33. The number of aromatic nitrogens is 4. The lowest BCUT2D eigenvalue weighted by Crippen LogP contribution is -2.07. The number of carbonyl (C=O) groups excluding carboxylic acids is 1. The number of hydrogen-bond donors (Lipinski definition) is 2. The molecule has 2 N–H and O–H groups in total. The van der Waals surface area contributed by atoms with Crippen LogP contribution in [0.15, 0.2) is 60.9 Å². The smallest absolute Gasteiger partial charge is 0.170 e. The van der Waals surface area contributed by atoms with Gasteiger partial charge in [-0.2, -0.15) is 0 Å². The number of ketones is 1. The Hall–Kier alpha value is -3.47. The second-order valence-corrected chi connectivity index (χ2v) is 6.05. The van der Waals surface area contributed by atoms with Crippen molar-refractivity contribution in [3.05, 3.63) is 72.3 Å². The number of fused-ring (bicyclic) bond motifs is 2. The fraction of sp³-hybridized carbons (Fsp3) is 0.0500. The lowest BCUT2D eigenvalue weighted by Gasteiger charge is -2.12. The lowest BCUT2D eigenvalue weighted by atomic mass is 9.92. The van der Waals surface area contributed by atoms with Crippen molar-refractivity contribution in [2.24, 2.45) is 0 Å². The highest BCUT2D eigenvalue weighted by atomic mass is 16.1. The molecule has 0 unspecified atom stereocenters. The van der Waals surface area contributed by atoms with Gasteiger partial charge in [0.2, 0.25) is 0 Å². The number of para-hydroxylation sites is 2. The zero-order chi connectivity index (χ0) is 16.8. The van der Waals surface area contributed by atoms with Crippen LogP contribution in [0.25, 0.3) is 33.2 Å². The van der Waals surface area contributed by atoms with E-state index >= 15 is 0 Å². The summed E-state index contributed by atoms with van der Waals surface area (Å²) >= 11 is 0. The van der Waals surface area contributed by atoms with E-state index in [0.717, 1.165) is 33.2 Å². The molecule has 0 saturated carbocycles. The molecule has 0 fully saturated rings. The maximum Gasteiger partial charge on any atom is 0.170 e. The largest absolute Gasteiger partial charge is 0.346 e. The standard InChI is InChI=1S/C20H14N4O/c25-18-6-5-12(13-7-9-21-19-14(13)8-10-22-19)11-15(18)20-23-16-3-1-2-4-17(16)24-20/h1-5,7-11H,6H2,(H,21,22)(H,23,24). The van der Waals surface area contributed by atoms with E-state index < -0.39 is 0 Å². The Morgan fingerprint density at radius 2 is 2.00 bits per heavy atom. The van der Waals surface area contributed by atoms with E-state index in [9.17, 15) is 4.79 Å². The van der Waals surface area contributed by atoms with Crippen LogP contribution in [0, 0.1) is 0 Å². The molecule has 0 bridgehead atoms. The van der Waals surface area contributed by atoms with Gasteiger partial charge >= 0.3 is 0 Å². The summed E-state index contributed by atoms with van der Waals surface area (Å²) in [6, 6.07) is 11.8. The van der Waals surface area contributed by atoms with Gasteiger partial charge < -0.3 is 9.97 Å². The number of imidazole rings is 1. The molecular formula is C20H14N4O. The van der Waals surface area contributed by atoms with Crippen molar-refractivity contribution in [3.8, 4) is 0 Å². The van der Waals surface area contributed by atoms with Gasteiger partial charge in [-0.15, -0.1) is 0 Å². The normalized spacial score (nSPS) is 14.8. The SMILES string of the molecule is O=C1CC=C(c2ccnc3[nH]ccc23)C=C1c1nc2ccccc2[nH]1. The minimum Gasteiger partial charge on any atom is -0.346 e. The van der Waals surface area contributed by atoms with Crippen LogP contribution < -0.4 is 0 Å². The average molecular weight is 326 g/mol. The van der Waals surface area contributed by atoms with Crippen LogP contribution in [-0.2, 0) is 4.79 Å². The predicted molar refractivity (Wildman–Crippen MR) is 97.8 cm³/mol. The van der Waals surface area contributed by atoms with Crippen molar-refractivity contribution < 1.29 is 4.79 Å². The van der Waals surface area contributed by atoms with E-state index in [1.807, 2.05) is 54.7 Å². The number of pyridine rings is 1. The zero-order valence-corrected chi connectivity index (χ0v) is 13.3. The second-order valence-electron chi connectivity index (χ2n) is 6.05. The number of H-pyrrole nitrogens is 2. The van der Waals surface area contributed by atoms with E-state index in [2.05, 4.69) is 19.9 Å². The summed E-state index contributed by atoms with van der Waals surface area (Å²) in [6.07, 6.45) is 7.91. The molecular weight excluding hydrogens is 312 g/mol. The first kappa shape index (κ1) is 13.9. The van der Waals surface area contributed by atoms with E-state index in [1.165, 1.54) is 0 Å². The molecule has 0 saturated heterocycles. The van der Waals surface area contributed by atoms with Crippen LogP contribution >= 0.6 is 0 Å². The molecule has 3 aromatic heterocycles. The molecule has 5 nitrogen and oxygen atoms in total. The third kappa shape index (κ3) is 2.21. The average Bonchev–Trinajstić information content (AvgIpc) is 3.28. The third-order valence-corrected chi connectivity index (χ3v) is 4.52. The monoisotopic (exact) mass is 326 g/mol. The van der Waals surface area contributed by atoms with Gasteiger partial charge in [-0.3, -0.25) is 4.79 Å². The Bertz CT molecular complexity index is 1160. The molecule has 0 amide bonds. The fourth-order valence-electron chi connectivity index (χ4n) is 3.29. The number of aromatic amines is 2. The highest BCUT2D eigenvalue weighted by Crippen LogP contribution is 2.31. The van der Waals surface area contributed by atoms with Gasteiger partial charge in [-0.25, -0.2) is 9.97 Å². The van der Waals surface area contributed by atoms with Gasteiger partial charge in [0.25, 0.3) is 0 Å². The van der Waals surface area contributed by atoms with Crippen LogP contribution in [-0.4, -0.2) is 25.7 Å². The summed E-state index contributed by atoms with van der Waals surface area (Å²) < 4.78 is 0. The number of nitrogens with one attached hydrogen (secondary N) is 2. The summed E-state index contributed by atoms with van der Waals surface area (Å²) in [5, 5.41) is 1.04. The maximum absolute atomic E-state index is 12.5. The second kappa shape index (κ2) is 5.27. The first-order valence-corrected chi connectivity index (χ1v) is 8.12. The number of allylic oxidation sites excluding steroid dienone is 4. The summed E-state index contributed by atoms with van der Waals surface area (Å²) in [5.74, 6) is 0.693. The van der Waals surface area contributed by atoms with Crippen molar-refractivity contribution in [2.75, 3.05) is 0 Å². The van der Waals surface area contributed by atoms with Gasteiger partial charge in [0.05, 0.1) is 16.6 Å². The number of nitrogens with zero attached hydrogens (tertiary/aromatic N) is 2. The highest BCUT2D eigenvalue weighted by molar-refractivity contribution is 6.24. The van der Waals surface area contributed by atoms with Crippen molar-refractivity contribution in [1.82, 2.24) is 19.9 Å². The van der Waals surface area contributed by atoms with Crippen molar-refractivity contribution in [2.45, 2.75) is 6.42 Å². The molecule has 0 atom stereocenters. The Balaban J connectivity index is 1.65. The van der Waals surface area contributed by atoms with Crippen LogP contribution in [0.3, 0.4) is 0 Å². The molecule has 0 spiro atoms. The van der Waals surface area contributed by atoms with Crippen LogP contribution in [0.5, 0.6) is 0 Å². The number of hydrogen-bond acceptors (Lipinski definition) is 3. The Morgan fingerprint density at radius 3 is 2.92 bits per heavy atom. The summed E-state index contributed by atoms with van der Waals surface area (Å²) in [4.78, 5) is 27.8. The van der Waals surface area contributed by atoms with Crippen LogP contribution in [0.2, 0.25) is 0 Å². The molecule has 1 aliphatic carbocycles. The van der Waals surface area contributed by atoms with Gasteiger partial charge in [-0.1, -0.05) is 18.2 Å². The topological polar surface area (TPSA) is 74.4 Å². The molecule has 25 heavy (non-hydrogen) atoms. The van der Waals surface area contributed by atoms with E-state index in [0.29, 0.717) is 17.8 Å². The predicted octanol–water partition coefficient (Wildman–Crippen LogP) is 3.88. The fourth-order valence-corrected chi connectivity index (χ4v) is 3.29. The molecule has 5 rings (SSSR count). The minimum absolute atomic E-state index is 0.0715. The van der Waals surface area contributed by atoms with Crippen LogP contribution in [0.4, 0.5) is 0 Å². The minimum atomic E-state index is 0.0715. The molecule has 5 heteroatoms. The maximum atomic E-state index is 12.5. The van der Waals surface area contributed by atoms with E-state index in [-0.39, 0.29) is 5.78 Å². The number of Topliss-reactive ketones (excluding diaryl/α,β-unsaturated/α-hetero) is 1. The zero-order valence-electron chi connectivity index (χ0n) is 13.3. The van der Waals surface area contributed by atoms with Crippen molar-refractivity contribution in [3.63, 3.8) is 0 Å². The quantitative estimate of drug-likeness (QED) is 0.587. The molecule has 120 valence electrons. The van der Waals surface area contributed by atoms with E-state index in [1.54, 1.807) is 6.20 Å². The van der Waals surface area contributed by atoms with Gasteiger partial charge in [-0.05, 0) is 41.5 Å². The Labute approximate surface area is 143 Å². The molecule has 1 aromatic carbocycles. The van der Waals surface area contributed by atoms with Gasteiger partial charge in [0.15, 0.2) is 5.78 Å². The number of carbonyl (C=O) groups is 1. The number of benzene rings is 1. The molecule has 3 heterocycles. The highest BCUT2D eigenvalue weighted by Gasteiger charge is 2.20. The van der Waals surface area contributed by atoms with Crippen LogP contribution in [0.1, 0.15) is 17.8 Å². The van der Waals surface area contributed by atoms with Gasteiger partial charge in [0.1, 0.15) is 11.5 Å². The molecule has 0 aliphatic heterocycles. The lowest BCUT2D eigenvalue weighted by molar-refractivity contribution is -0.113. The summed E-state index contributed by atoms with van der Waals surface area (Å²) in [6.45, 7) is 0. The number of rotatable bonds is 2. The Kier molecular flexibility index (Phi) is 2.94. The van der Waals surface area contributed by atoms with Gasteiger partial charge in [0, 0.05) is 24.2 Å². The van der Waals surface area contributed by atoms with E-state index in [4.69, 9.17) is 0 Å². The first-order valence-electron chi connectivity index (χ1n) is 8.12. The molecule has 4 aromatic rings.